The van der Waals surface area contributed by atoms with Crippen molar-refractivity contribution in [2.75, 3.05) is 41.0 Å². The van der Waals surface area contributed by atoms with Crippen molar-refractivity contribution >= 4 is 29.9 Å². The minimum Gasteiger partial charge on any atom is -0.497 e. The van der Waals surface area contributed by atoms with Crippen molar-refractivity contribution in [3.63, 3.8) is 0 Å². The van der Waals surface area contributed by atoms with Crippen LogP contribution in [0.5, 0.6) is 11.5 Å². The first kappa shape index (κ1) is 21.8. The summed E-state index contributed by atoms with van der Waals surface area (Å²) in [6.07, 6.45) is 2.46. The highest BCUT2D eigenvalue weighted by Gasteiger charge is 2.21. The number of methoxy groups -OCH3 is 2. The fourth-order valence-electron chi connectivity index (χ4n) is 2.97. The predicted molar refractivity (Wildman–Crippen MR) is 111 cm³/mol. The Morgan fingerprint density at radius 2 is 1.96 bits per heavy atom. The second-order valence-electron chi connectivity index (χ2n) is 5.72. The maximum atomic E-state index is 5.71. The monoisotopic (exact) mass is 463 g/mol. The molecular weight excluding hydrogens is 433 g/mol. The zero-order valence-electron chi connectivity index (χ0n) is 15.6. The number of aliphatic imine (C=N–C) groups is 1. The van der Waals surface area contributed by atoms with E-state index in [1.807, 2.05) is 25.2 Å². The molecule has 1 aromatic carbocycles. The lowest BCUT2D eigenvalue weighted by Crippen LogP contribution is -2.46. The number of nitrogens with zero attached hydrogens (tertiary/aromatic N) is 2. The number of piperidine rings is 1. The largest absolute Gasteiger partial charge is 0.497 e. The van der Waals surface area contributed by atoms with Crippen LogP contribution in [0.25, 0.3) is 0 Å². The Morgan fingerprint density at radius 3 is 2.52 bits per heavy atom. The van der Waals surface area contributed by atoms with Crippen molar-refractivity contribution in [1.82, 2.24) is 10.2 Å². The van der Waals surface area contributed by atoms with E-state index in [-0.39, 0.29) is 24.0 Å². The third-order valence-electron chi connectivity index (χ3n) is 4.29. The maximum absolute atomic E-state index is 5.71. The Hall–Kier alpha value is -1.22. The quantitative estimate of drug-likeness (QED) is 0.400. The highest BCUT2D eigenvalue weighted by molar-refractivity contribution is 14.0. The average Bonchev–Trinajstić information content (AvgIpc) is 2.63. The summed E-state index contributed by atoms with van der Waals surface area (Å²) >= 11 is 0. The number of ether oxygens (including phenoxy) is 3. The Labute approximate surface area is 167 Å². The van der Waals surface area contributed by atoms with E-state index in [1.54, 1.807) is 14.2 Å². The topological polar surface area (TPSA) is 55.3 Å². The molecule has 0 bridgehead atoms. The first-order valence-corrected chi connectivity index (χ1v) is 8.49. The average molecular weight is 463 g/mol. The standard InChI is InChI=1S/C18H29N3O3.HI/c1-5-24-15-8-10-21(11-9-15)18(19-2)20-13-14-6-7-16(22-3)12-17(14)23-4;/h6-7,12,15H,5,8-11,13H2,1-4H3,(H,19,20);1H. The van der Waals surface area contributed by atoms with Crippen molar-refractivity contribution in [2.24, 2.45) is 4.99 Å². The van der Waals surface area contributed by atoms with Gasteiger partial charge in [0.2, 0.25) is 0 Å². The molecule has 7 heteroatoms. The van der Waals surface area contributed by atoms with E-state index in [4.69, 9.17) is 14.2 Å². The molecule has 0 saturated carbocycles. The van der Waals surface area contributed by atoms with Crippen molar-refractivity contribution in [2.45, 2.75) is 32.4 Å². The molecule has 6 nitrogen and oxygen atoms in total. The summed E-state index contributed by atoms with van der Waals surface area (Å²) in [4.78, 5) is 6.70. The van der Waals surface area contributed by atoms with Gasteiger partial charge in [-0.1, -0.05) is 0 Å². The summed E-state index contributed by atoms with van der Waals surface area (Å²) < 4.78 is 16.4. The second kappa shape index (κ2) is 11.4. The zero-order valence-corrected chi connectivity index (χ0v) is 17.9. The third-order valence-corrected chi connectivity index (χ3v) is 4.29. The fourth-order valence-corrected chi connectivity index (χ4v) is 2.97. The molecule has 142 valence electrons. The summed E-state index contributed by atoms with van der Waals surface area (Å²) in [5.41, 5.74) is 1.07. The van der Waals surface area contributed by atoms with E-state index >= 15 is 0 Å². The molecule has 0 atom stereocenters. The SMILES string of the molecule is CCOC1CCN(C(=NC)NCc2ccc(OC)cc2OC)CC1.I. The lowest BCUT2D eigenvalue weighted by Gasteiger charge is -2.34. The second-order valence-corrected chi connectivity index (χ2v) is 5.72. The maximum Gasteiger partial charge on any atom is 0.193 e. The molecule has 0 spiro atoms. The molecule has 1 N–H and O–H groups in total. The Bertz CT molecular complexity index is 546. The molecule has 1 heterocycles. The molecule has 1 aromatic rings. The normalized spacial score (nSPS) is 15.5. The van der Waals surface area contributed by atoms with Gasteiger partial charge >= 0.3 is 0 Å². The van der Waals surface area contributed by atoms with Gasteiger partial charge in [-0.2, -0.15) is 0 Å². The number of guanidine groups is 1. The summed E-state index contributed by atoms with van der Waals surface area (Å²) in [6, 6.07) is 5.85. The lowest BCUT2D eigenvalue weighted by molar-refractivity contribution is 0.0263. The van der Waals surface area contributed by atoms with Crippen molar-refractivity contribution in [3.8, 4) is 11.5 Å². The van der Waals surface area contributed by atoms with Crippen LogP contribution in [0.3, 0.4) is 0 Å². The lowest BCUT2D eigenvalue weighted by atomic mass is 10.1. The number of hydrogen-bond donors (Lipinski definition) is 1. The van der Waals surface area contributed by atoms with Gasteiger partial charge in [0.15, 0.2) is 5.96 Å². The van der Waals surface area contributed by atoms with Crippen LogP contribution in [0.2, 0.25) is 0 Å². The Morgan fingerprint density at radius 1 is 1.24 bits per heavy atom. The van der Waals surface area contributed by atoms with Gasteiger partial charge in [0.1, 0.15) is 11.5 Å². The number of likely N-dealkylation sites (tertiary alicyclic amines) is 1. The summed E-state index contributed by atoms with van der Waals surface area (Å²) in [5.74, 6) is 2.52. The van der Waals surface area contributed by atoms with Gasteiger partial charge in [0.25, 0.3) is 0 Å². The molecule has 0 unspecified atom stereocenters. The van der Waals surface area contributed by atoms with Gasteiger partial charge in [0.05, 0.1) is 20.3 Å². The van der Waals surface area contributed by atoms with Gasteiger partial charge in [-0.25, -0.2) is 0 Å². The number of halogens is 1. The van der Waals surface area contributed by atoms with Crippen LogP contribution in [0.1, 0.15) is 25.3 Å². The fraction of sp³-hybridized carbons (Fsp3) is 0.611. The van der Waals surface area contributed by atoms with Crippen molar-refractivity contribution in [3.05, 3.63) is 23.8 Å². The number of benzene rings is 1. The molecule has 1 aliphatic heterocycles. The van der Waals surface area contributed by atoms with Crippen LogP contribution in [0.15, 0.2) is 23.2 Å². The van der Waals surface area contributed by atoms with Gasteiger partial charge < -0.3 is 24.4 Å². The van der Waals surface area contributed by atoms with Gasteiger partial charge in [-0.15, -0.1) is 24.0 Å². The van der Waals surface area contributed by atoms with Gasteiger partial charge in [0, 0.05) is 44.9 Å². The summed E-state index contributed by atoms with van der Waals surface area (Å²) in [6.45, 7) is 5.42. The van der Waals surface area contributed by atoms with Crippen LogP contribution in [0, 0.1) is 0 Å². The molecule has 25 heavy (non-hydrogen) atoms. The molecule has 1 saturated heterocycles. The number of nitrogens with one attached hydrogen (secondary N) is 1. The highest BCUT2D eigenvalue weighted by Crippen LogP contribution is 2.24. The summed E-state index contributed by atoms with van der Waals surface area (Å²) in [7, 11) is 5.15. The van der Waals surface area contributed by atoms with Gasteiger partial charge in [-0.3, -0.25) is 4.99 Å². The minimum atomic E-state index is 0. The van der Waals surface area contributed by atoms with E-state index in [1.165, 1.54) is 0 Å². The van der Waals surface area contributed by atoms with Crippen LogP contribution in [-0.2, 0) is 11.3 Å². The summed E-state index contributed by atoms with van der Waals surface area (Å²) in [5, 5.41) is 3.43. The van der Waals surface area contributed by atoms with E-state index in [9.17, 15) is 0 Å². The molecule has 2 rings (SSSR count). The predicted octanol–water partition coefficient (Wildman–Crippen LogP) is 2.90. The Balaban J connectivity index is 0.00000312. The van der Waals surface area contributed by atoms with E-state index in [0.717, 1.165) is 55.6 Å². The highest BCUT2D eigenvalue weighted by atomic mass is 127. The first-order chi connectivity index (χ1) is 11.7. The Kier molecular flexibility index (Phi) is 9.96. The van der Waals surface area contributed by atoms with Crippen molar-refractivity contribution in [1.29, 1.82) is 0 Å². The number of rotatable bonds is 6. The smallest absolute Gasteiger partial charge is 0.193 e. The molecular formula is C18H30IN3O3. The van der Waals surface area contributed by atoms with Gasteiger partial charge in [-0.05, 0) is 31.9 Å². The first-order valence-electron chi connectivity index (χ1n) is 8.49. The van der Waals surface area contributed by atoms with E-state index < -0.39 is 0 Å². The number of hydrogen-bond acceptors (Lipinski definition) is 4. The van der Waals surface area contributed by atoms with E-state index in [2.05, 4.69) is 22.1 Å². The minimum absolute atomic E-state index is 0. The molecule has 0 aromatic heterocycles. The van der Waals surface area contributed by atoms with Crippen molar-refractivity contribution < 1.29 is 14.2 Å². The molecule has 1 aliphatic rings. The third kappa shape index (κ3) is 6.22. The molecule has 0 aliphatic carbocycles. The van der Waals surface area contributed by atoms with Crippen LogP contribution < -0.4 is 14.8 Å². The molecule has 1 fully saturated rings. The van der Waals surface area contributed by atoms with Crippen LogP contribution in [0.4, 0.5) is 0 Å². The molecule has 0 radical (unpaired) electrons. The zero-order chi connectivity index (χ0) is 17.4. The van der Waals surface area contributed by atoms with E-state index in [0.29, 0.717) is 12.6 Å². The van der Waals surface area contributed by atoms with Crippen LogP contribution in [-0.4, -0.2) is 57.9 Å². The van der Waals surface area contributed by atoms with Crippen LogP contribution >= 0.6 is 24.0 Å². The molecule has 0 amide bonds.